The van der Waals surface area contributed by atoms with Gasteiger partial charge in [0.25, 0.3) is 0 Å². The molecule has 1 amide bonds. The molecule has 0 saturated heterocycles. The van der Waals surface area contributed by atoms with Crippen molar-refractivity contribution < 1.29 is 9.32 Å². The molecule has 15 heavy (non-hydrogen) atoms. The lowest BCUT2D eigenvalue weighted by atomic mass is 10.1. The third kappa shape index (κ3) is 2.56. The molecule has 0 radical (unpaired) electrons. The first kappa shape index (κ1) is 11.7. The highest BCUT2D eigenvalue weighted by Gasteiger charge is 2.17. The van der Waals surface area contributed by atoms with E-state index in [0.29, 0.717) is 18.0 Å². The van der Waals surface area contributed by atoms with E-state index in [0.717, 1.165) is 12.1 Å². The van der Waals surface area contributed by atoms with Crippen LogP contribution in [0.3, 0.4) is 0 Å². The Hall–Kier alpha value is -1.36. The molecule has 3 N–H and O–H groups in total. The van der Waals surface area contributed by atoms with Gasteiger partial charge in [0.2, 0.25) is 5.91 Å². The van der Waals surface area contributed by atoms with Crippen LogP contribution in [-0.2, 0) is 11.2 Å². The normalized spacial score (nSPS) is 12.5. The van der Waals surface area contributed by atoms with E-state index in [1.54, 1.807) is 13.8 Å². The van der Waals surface area contributed by atoms with Gasteiger partial charge in [-0.05, 0) is 13.3 Å². The lowest BCUT2D eigenvalue weighted by Crippen LogP contribution is -2.27. The van der Waals surface area contributed by atoms with Crippen LogP contribution in [0.2, 0.25) is 0 Å². The van der Waals surface area contributed by atoms with Crippen LogP contribution in [-0.4, -0.2) is 17.6 Å². The summed E-state index contributed by atoms with van der Waals surface area (Å²) in [5, 5.41) is 6.64. The van der Waals surface area contributed by atoms with E-state index in [2.05, 4.69) is 10.5 Å². The number of hydrogen-bond acceptors (Lipinski definition) is 4. The van der Waals surface area contributed by atoms with Gasteiger partial charge in [0.1, 0.15) is 11.4 Å². The minimum absolute atomic E-state index is 0.0986. The fraction of sp³-hybridized carbons (Fsp3) is 0.600. The lowest BCUT2D eigenvalue weighted by Gasteiger charge is -2.09. The number of nitrogens with zero attached hydrogens (tertiary/aromatic N) is 1. The predicted molar refractivity (Wildman–Crippen MR) is 57.5 cm³/mol. The number of aromatic nitrogens is 1. The number of aryl methyl sites for hydroxylation is 2. The summed E-state index contributed by atoms with van der Waals surface area (Å²) in [5.74, 6) is 0.326. The Morgan fingerprint density at radius 2 is 2.33 bits per heavy atom. The van der Waals surface area contributed by atoms with Crippen LogP contribution in [0.5, 0.6) is 0 Å². The molecule has 1 aromatic heterocycles. The van der Waals surface area contributed by atoms with Gasteiger partial charge in [-0.3, -0.25) is 4.79 Å². The minimum Gasteiger partial charge on any atom is -0.359 e. The maximum atomic E-state index is 11.6. The first-order valence-electron chi connectivity index (χ1n) is 5.06. The molecule has 1 aromatic rings. The van der Waals surface area contributed by atoms with Crippen molar-refractivity contribution in [1.82, 2.24) is 5.16 Å². The largest absolute Gasteiger partial charge is 0.359 e. The quantitative estimate of drug-likeness (QED) is 0.780. The Bertz CT molecular complexity index is 346. The van der Waals surface area contributed by atoms with E-state index in [1.165, 1.54) is 0 Å². The van der Waals surface area contributed by atoms with Gasteiger partial charge in [-0.15, -0.1) is 0 Å². The summed E-state index contributed by atoms with van der Waals surface area (Å²) < 4.78 is 5.00. The van der Waals surface area contributed by atoms with Gasteiger partial charge in [-0.1, -0.05) is 19.0 Å². The Morgan fingerprint density at radius 3 is 2.87 bits per heavy atom. The monoisotopic (exact) mass is 211 g/mol. The zero-order valence-corrected chi connectivity index (χ0v) is 9.33. The van der Waals surface area contributed by atoms with E-state index < -0.39 is 0 Å². The van der Waals surface area contributed by atoms with Crippen LogP contribution in [0.25, 0.3) is 0 Å². The molecule has 1 rings (SSSR count). The Balaban J connectivity index is 2.79. The second-order valence-corrected chi connectivity index (χ2v) is 3.54. The van der Waals surface area contributed by atoms with Gasteiger partial charge in [-0.2, -0.15) is 0 Å². The minimum atomic E-state index is -0.205. The summed E-state index contributed by atoms with van der Waals surface area (Å²) in [5.41, 5.74) is 6.86. The molecule has 1 heterocycles. The molecule has 0 aliphatic rings. The van der Waals surface area contributed by atoms with Crippen LogP contribution < -0.4 is 11.1 Å². The molecule has 0 fully saturated rings. The van der Waals surface area contributed by atoms with E-state index in [1.807, 2.05) is 6.92 Å². The third-order valence-electron chi connectivity index (χ3n) is 2.32. The molecular formula is C10H17N3O2. The standard InChI is InChI=1S/C10H17N3O2/c1-4-8-9(7(3)15-13-8)12-10(14)6(2)5-11/h6H,4-5,11H2,1-3H3,(H,12,14). The number of anilines is 1. The fourth-order valence-electron chi connectivity index (χ4n) is 1.17. The highest BCUT2D eigenvalue weighted by molar-refractivity contribution is 5.93. The van der Waals surface area contributed by atoms with Gasteiger partial charge >= 0.3 is 0 Å². The fourth-order valence-corrected chi connectivity index (χ4v) is 1.17. The van der Waals surface area contributed by atoms with E-state index in [-0.39, 0.29) is 11.8 Å². The van der Waals surface area contributed by atoms with Crippen molar-refractivity contribution in [1.29, 1.82) is 0 Å². The molecule has 0 aliphatic heterocycles. The van der Waals surface area contributed by atoms with Crippen molar-refractivity contribution >= 4 is 11.6 Å². The molecule has 84 valence electrons. The molecule has 5 nitrogen and oxygen atoms in total. The maximum Gasteiger partial charge on any atom is 0.228 e. The zero-order valence-electron chi connectivity index (χ0n) is 9.33. The zero-order chi connectivity index (χ0) is 11.4. The summed E-state index contributed by atoms with van der Waals surface area (Å²) in [6.07, 6.45) is 0.726. The van der Waals surface area contributed by atoms with E-state index >= 15 is 0 Å². The first-order chi connectivity index (χ1) is 7.10. The van der Waals surface area contributed by atoms with Gasteiger partial charge in [-0.25, -0.2) is 0 Å². The number of hydrogen-bond donors (Lipinski definition) is 2. The summed E-state index contributed by atoms with van der Waals surface area (Å²) in [6.45, 7) is 5.84. The molecule has 0 saturated carbocycles. The summed E-state index contributed by atoms with van der Waals surface area (Å²) in [6, 6.07) is 0. The van der Waals surface area contributed by atoms with Gasteiger partial charge < -0.3 is 15.6 Å². The van der Waals surface area contributed by atoms with Crippen LogP contribution in [0.4, 0.5) is 5.69 Å². The smallest absolute Gasteiger partial charge is 0.228 e. The summed E-state index contributed by atoms with van der Waals surface area (Å²) in [7, 11) is 0. The maximum absolute atomic E-state index is 11.6. The van der Waals surface area contributed by atoms with Crippen molar-refractivity contribution in [3.05, 3.63) is 11.5 Å². The average Bonchev–Trinajstić information content (AvgIpc) is 2.59. The third-order valence-corrected chi connectivity index (χ3v) is 2.32. The average molecular weight is 211 g/mol. The molecular weight excluding hydrogens is 194 g/mol. The Labute approximate surface area is 89.0 Å². The lowest BCUT2D eigenvalue weighted by molar-refractivity contribution is -0.119. The van der Waals surface area contributed by atoms with Gasteiger partial charge in [0, 0.05) is 12.5 Å². The van der Waals surface area contributed by atoms with Crippen LogP contribution in [0.1, 0.15) is 25.3 Å². The van der Waals surface area contributed by atoms with Crippen molar-refractivity contribution in [3.8, 4) is 0 Å². The number of rotatable bonds is 4. The molecule has 0 bridgehead atoms. The van der Waals surface area contributed by atoms with Crippen LogP contribution in [0, 0.1) is 12.8 Å². The highest BCUT2D eigenvalue weighted by atomic mass is 16.5. The molecule has 5 heteroatoms. The highest BCUT2D eigenvalue weighted by Crippen LogP contribution is 2.20. The van der Waals surface area contributed by atoms with Gasteiger partial charge in [0.05, 0.1) is 0 Å². The van der Waals surface area contributed by atoms with E-state index in [4.69, 9.17) is 10.3 Å². The number of carbonyl (C=O) groups is 1. The topological polar surface area (TPSA) is 81.2 Å². The van der Waals surface area contributed by atoms with Crippen molar-refractivity contribution in [2.45, 2.75) is 27.2 Å². The molecule has 0 spiro atoms. The van der Waals surface area contributed by atoms with Crippen molar-refractivity contribution in [3.63, 3.8) is 0 Å². The van der Waals surface area contributed by atoms with Crippen LogP contribution in [0.15, 0.2) is 4.52 Å². The van der Waals surface area contributed by atoms with Crippen LogP contribution >= 0.6 is 0 Å². The first-order valence-corrected chi connectivity index (χ1v) is 5.06. The van der Waals surface area contributed by atoms with Gasteiger partial charge in [0.15, 0.2) is 5.76 Å². The van der Waals surface area contributed by atoms with Crippen molar-refractivity contribution in [2.75, 3.05) is 11.9 Å². The second-order valence-electron chi connectivity index (χ2n) is 3.54. The molecule has 0 aliphatic carbocycles. The van der Waals surface area contributed by atoms with E-state index in [9.17, 15) is 4.79 Å². The Morgan fingerprint density at radius 1 is 1.67 bits per heavy atom. The number of nitrogens with two attached hydrogens (primary N) is 1. The number of carbonyl (C=O) groups excluding carboxylic acids is 1. The Kier molecular flexibility index (Phi) is 3.85. The number of amides is 1. The molecule has 1 unspecified atom stereocenters. The molecule has 0 aromatic carbocycles. The SMILES string of the molecule is CCc1noc(C)c1NC(=O)C(C)CN. The predicted octanol–water partition coefficient (Wildman–Crippen LogP) is 1.08. The second kappa shape index (κ2) is 4.93. The van der Waals surface area contributed by atoms with Crippen molar-refractivity contribution in [2.24, 2.45) is 11.7 Å². The molecule has 1 atom stereocenters. The summed E-state index contributed by atoms with van der Waals surface area (Å²) in [4.78, 5) is 11.6. The summed E-state index contributed by atoms with van der Waals surface area (Å²) >= 11 is 0. The number of nitrogens with one attached hydrogen (secondary N) is 1.